The number of rotatable bonds is 3. The number of hydrogen-bond donors (Lipinski definition) is 0. The SMILES string of the molecule is O=C(c1ccc(F)cc1Br)N1CCN(c2nnnn2-c2ccccc2)CC1. The highest BCUT2D eigenvalue weighted by Crippen LogP contribution is 2.22. The molecule has 0 unspecified atom stereocenters. The first kappa shape index (κ1) is 17.6. The molecule has 9 heteroatoms. The molecule has 1 aliphatic rings. The Morgan fingerprint density at radius 1 is 1.04 bits per heavy atom. The Bertz CT molecular complexity index is 955. The second-order valence-corrected chi connectivity index (χ2v) is 6.98. The molecular formula is C18H16BrFN6O. The molecule has 0 N–H and O–H groups in total. The van der Waals surface area contributed by atoms with Crippen LogP contribution in [0.3, 0.4) is 0 Å². The lowest BCUT2D eigenvalue weighted by atomic mass is 10.2. The molecule has 0 spiro atoms. The summed E-state index contributed by atoms with van der Waals surface area (Å²) in [7, 11) is 0. The third-order valence-corrected chi connectivity index (χ3v) is 5.12. The summed E-state index contributed by atoms with van der Waals surface area (Å²) in [5.41, 5.74) is 1.34. The Morgan fingerprint density at radius 2 is 1.78 bits per heavy atom. The molecule has 0 bridgehead atoms. The number of nitrogens with zero attached hydrogens (tertiary/aromatic N) is 6. The van der Waals surface area contributed by atoms with Crippen molar-refractivity contribution in [2.75, 3.05) is 31.1 Å². The Morgan fingerprint density at radius 3 is 2.48 bits per heavy atom. The molecule has 1 aliphatic heterocycles. The maximum absolute atomic E-state index is 13.3. The van der Waals surface area contributed by atoms with Gasteiger partial charge in [0.15, 0.2) is 0 Å². The van der Waals surface area contributed by atoms with E-state index in [2.05, 4.69) is 36.4 Å². The van der Waals surface area contributed by atoms with Crippen molar-refractivity contribution in [1.82, 2.24) is 25.1 Å². The number of carbonyl (C=O) groups is 1. The van der Waals surface area contributed by atoms with E-state index in [-0.39, 0.29) is 11.7 Å². The summed E-state index contributed by atoms with van der Waals surface area (Å²) in [6.45, 7) is 2.28. The van der Waals surface area contributed by atoms with Crippen molar-refractivity contribution in [3.05, 3.63) is 64.4 Å². The minimum absolute atomic E-state index is 0.121. The summed E-state index contributed by atoms with van der Waals surface area (Å²) in [5.74, 6) is 0.149. The normalized spacial score (nSPS) is 14.4. The van der Waals surface area contributed by atoms with E-state index in [0.717, 1.165) is 5.69 Å². The zero-order chi connectivity index (χ0) is 18.8. The van der Waals surface area contributed by atoms with Crippen LogP contribution in [0.2, 0.25) is 0 Å². The van der Waals surface area contributed by atoms with Crippen molar-refractivity contribution in [3.63, 3.8) is 0 Å². The number of hydrogen-bond acceptors (Lipinski definition) is 5. The third kappa shape index (κ3) is 3.55. The van der Waals surface area contributed by atoms with E-state index in [4.69, 9.17) is 0 Å². The van der Waals surface area contributed by atoms with Gasteiger partial charge in [0, 0.05) is 30.7 Å². The van der Waals surface area contributed by atoms with Gasteiger partial charge in [-0.3, -0.25) is 4.79 Å². The molecule has 1 fully saturated rings. The fourth-order valence-electron chi connectivity index (χ4n) is 3.06. The van der Waals surface area contributed by atoms with Gasteiger partial charge >= 0.3 is 0 Å². The number of piperazine rings is 1. The second kappa shape index (κ2) is 7.43. The highest BCUT2D eigenvalue weighted by atomic mass is 79.9. The zero-order valence-electron chi connectivity index (χ0n) is 14.3. The quantitative estimate of drug-likeness (QED) is 0.638. The van der Waals surface area contributed by atoms with E-state index in [1.165, 1.54) is 18.2 Å². The van der Waals surface area contributed by atoms with Gasteiger partial charge in [-0.2, -0.15) is 4.68 Å². The van der Waals surface area contributed by atoms with Crippen molar-refractivity contribution < 1.29 is 9.18 Å². The summed E-state index contributed by atoms with van der Waals surface area (Å²) in [6, 6.07) is 13.8. The van der Waals surface area contributed by atoms with Crippen molar-refractivity contribution in [3.8, 4) is 5.69 Å². The van der Waals surface area contributed by atoms with Gasteiger partial charge in [-0.05, 0) is 56.7 Å². The van der Waals surface area contributed by atoms with Crippen LogP contribution in [-0.2, 0) is 0 Å². The summed E-state index contributed by atoms with van der Waals surface area (Å²) >= 11 is 3.27. The molecule has 2 heterocycles. The van der Waals surface area contributed by atoms with Gasteiger partial charge in [0.1, 0.15) is 5.82 Å². The third-order valence-electron chi connectivity index (χ3n) is 4.47. The topological polar surface area (TPSA) is 67.2 Å². The van der Waals surface area contributed by atoms with E-state index in [9.17, 15) is 9.18 Å². The first-order valence-corrected chi connectivity index (χ1v) is 9.26. The molecule has 7 nitrogen and oxygen atoms in total. The van der Waals surface area contributed by atoms with Gasteiger partial charge in [-0.15, -0.1) is 0 Å². The van der Waals surface area contributed by atoms with Crippen LogP contribution >= 0.6 is 15.9 Å². The number of tetrazole rings is 1. The van der Waals surface area contributed by atoms with E-state index in [1.807, 2.05) is 30.3 Å². The molecule has 2 aromatic carbocycles. The van der Waals surface area contributed by atoms with E-state index in [1.54, 1.807) is 9.58 Å². The predicted octanol–water partition coefficient (Wildman–Crippen LogP) is 2.53. The number of anilines is 1. The Kier molecular flexibility index (Phi) is 4.85. The van der Waals surface area contributed by atoms with Crippen LogP contribution in [-0.4, -0.2) is 57.2 Å². The summed E-state index contributed by atoms with van der Waals surface area (Å²) in [4.78, 5) is 16.5. The minimum atomic E-state index is -0.379. The number of halogens is 2. The van der Waals surface area contributed by atoms with Crippen LogP contribution in [0.15, 0.2) is 53.0 Å². The maximum atomic E-state index is 13.3. The lowest BCUT2D eigenvalue weighted by molar-refractivity contribution is 0.0745. The van der Waals surface area contributed by atoms with Gasteiger partial charge in [0.05, 0.1) is 11.3 Å². The van der Waals surface area contributed by atoms with Crippen LogP contribution in [0.4, 0.5) is 10.3 Å². The fraction of sp³-hybridized carbons (Fsp3) is 0.222. The summed E-state index contributed by atoms with van der Waals surface area (Å²) in [6.07, 6.45) is 0. The fourth-order valence-corrected chi connectivity index (χ4v) is 3.58. The van der Waals surface area contributed by atoms with Crippen LogP contribution < -0.4 is 4.90 Å². The summed E-state index contributed by atoms with van der Waals surface area (Å²) in [5, 5.41) is 12.0. The second-order valence-electron chi connectivity index (χ2n) is 6.13. The van der Waals surface area contributed by atoms with Crippen molar-refractivity contribution in [2.24, 2.45) is 0 Å². The first-order valence-electron chi connectivity index (χ1n) is 8.46. The van der Waals surface area contributed by atoms with Gasteiger partial charge < -0.3 is 9.80 Å². The van der Waals surface area contributed by atoms with E-state index in [0.29, 0.717) is 42.2 Å². The van der Waals surface area contributed by atoms with Crippen molar-refractivity contribution >= 4 is 27.8 Å². The number of benzene rings is 2. The molecule has 0 atom stereocenters. The minimum Gasteiger partial charge on any atom is -0.336 e. The summed E-state index contributed by atoms with van der Waals surface area (Å²) < 4.78 is 15.4. The average molecular weight is 431 g/mol. The Hall–Kier alpha value is -2.81. The van der Waals surface area contributed by atoms with Crippen LogP contribution in [0.5, 0.6) is 0 Å². The molecular weight excluding hydrogens is 415 g/mol. The van der Waals surface area contributed by atoms with Gasteiger partial charge in [-0.1, -0.05) is 23.3 Å². The lowest BCUT2D eigenvalue weighted by Crippen LogP contribution is -2.49. The molecule has 138 valence electrons. The monoisotopic (exact) mass is 430 g/mol. The molecule has 0 saturated carbocycles. The Labute approximate surface area is 163 Å². The highest BCUT2D eigenvalue weighted by molar-refractivity contribution is 9.10. The zero-order valence-corrected chi connectivity index (χ0v) is 15.9. The average Bonchev–Trinajstić information content (AvgIpc) is 3.18. The first-order chi connectivity index (χ1) is 13.1. The number of amides is 1. The lowest BCUT2D eigenvalue weighted by Gasteiger charge is -2.35. The predicted molar refractivity (Wildman–Crippen MR) is 101 cm³/mol. The molecule has 4 rings (SSSR count). The number of para-hydroxylation sites is 1. The largest absolute Gasteiger partial charge is 0.336 e. The molecule has 1 aromatic heterocycles. The smallest absolute Gasteiger partial charge is 0.255 e. The highest BCUT2D eigenvalue weighted by Gasteiger charge is 2.26. The van der Waals surface area contributed by atoms with Crippen LogP contribution in [0.25, 0.3) is 5.69 Å². The van der Waals surface area contributed by atoms with Gasteiger partial charge in [0.25, 0.3) is 5.91 Å². The van der Waals surface area contributed by atoms with E-state index < -0.39 is 0 Å². The molecule has 0 radical (unpaired) electrons. The molecule has 1 saturated heterocycles. The van der Waals surface area contributed by atoms with E-state index >= 15 is 0 Å². The molecule has 3 aromatic rings. The van der Waals surface area contributed by atoms with Gasteiger partial charge in [-0.25, -0.2) is 4.39 Å². The molecule has 0 aliphatic carbocycles. The molecule has 1 amide bonds. The van der Waals surface area contributed by atoms with Crippen molar-refractivity contribution in [1.29, 1.82) is 0 Å². The number of aromatic nitrogens is 4. The van der Waals surface area contributed by atoms with Crippen molar-refractivity contribution in [2.45, 2.75) is 0 Å². The number of carbonyl (C=O) groups excluding carboxylic acids is 1. The Balaban J connectivity index is 1.47. The maximum Gasteiger partial charge on any atom is 0.255 e. The van der Waals surface area contributed by atoms with Crippen LogP contribution in [0.1, 0.15) is 10.4 Å². The standard InChI is InChI=1S/C18H16BrFN6O/c19-16-12-13(20)6-7-15(16)17(27)24-8-10-25(11-9-24)18-21-22-23-26(18)14-4-2-1-3-5-14/h1-7,12H,8-11H2. The van der Waals surface area contributed by atoms with Crippen LogP contribution in [0, 0.1) is 5.82 Å². The van der Waals surface area contributed by atoms with Gasteiger partial charge in [0.2, 0.25) is 5.95 Å². The molecule has 27 heavy (non-hydrogen) atoms.